The summed E-state index contributed by atoms with van der Waals surface area (Å²) in [6.45, 7) is 0. The molecule has 2 aliphatic heterocycles. The Morgan fingerprint density at radius 3 is 1.26 bits per heavy atom. The molecule has 7 rings (SSSR count). The molecular formula is C28H18N2O4. The number of carbonyl (C=O) groups excluding carboxylic acids is 4. The topological polar surface area (TPSA) is 74.8 Å². The minimum atomic E-state index is -0.688. The Kier molecular flexibility index (Phi) is 4.18. The van der Waals surface area contributed by atoms with E-state index in [9.17, 15) is 19.2 Å². The van der Waals surface area contributed by atoms with Crippen molar-refractivity contribution < 1.29 is 19.2 Å². The zero-order chi connectivity index (χ0) is 23.7. The van der Waals surface area contributed by atoms with Crippen molar-refractivity contribution in [2.75, 3.05) is 9.80 Å². The number of benzene rings is 2. The van der Waals surface area contributed by atoms with Crippen LogP contribution < -0.4 is 9.80 Å². The number of allylic oxidation sites excluding steroid dienone is 2. The zero-order valence-corrected chi connectivity index (χ0v) is 17.9. The van der Waals surface area contributed by atoms with E-state index in [0.29, 0.717) is 22.5 Å². The van der Waals surface area contributed by atoms with E-state index in [4.69, 9.17) is 12.8 Å². The summed E-state index contributed by atoms with van der Waals surface area (Å²) in [6, 6.07) is 13.4. The molecule has 0 unspecified atom stereocenters. The van der Waals surface area contributed by atoms with E-state index in [-0.39, 0.29) is 23.6 Å². The molecule has 1 saturated carbocycles. The number of amides is 4. The average Bonchev–Trinajstić information content (AvgIpc) is 3.31. The third-order valence-electron chi connectivity index (χ3n) is 7.55. The van der Waals surface area contributed by atoms with Crippen LogP contribution in [0.25, 0.3) is 0 Å². The van der Waals surface area contributed by atoms with Crippen LogP contribution in [0.5, 0.6) is 0 Å². The van der Waals surface area contributed by atoms with Crippen molar-refractivity contribution in [2.45, 2.75) is 0 Å². The molecule has 0 aromatic heterocycles. The first-order chi connectivity index (χ1) is 16.5. The molecule has 34 heavy (non-hydrogen) atoms. The van der Waals surface area contributed by atoms with Gasteiger partial charge in [-0.3, -0.25) is 19.2 Å². The number of hydrogen-bond donors (Lipinski definition) is 0. The number of nitrogens with zero attached hydrogens (tertiary/aromatic N) is 2. The molecule has 5 aliphatic rings. The van der Waals surface area contributed by atoms with E-state index in [1.54, 1.807) is 48.5 Å². The Balaban J connectivity index is 1.40. The van der Waals surface area contributed by atoms with Gasteiger partial charge in [-0.05, 0) is 36.4 Å². The summed E-state index contributed by atoms with van der Waals surface area (Å²) in [6.07, 6.45) is 14.7. The largest absolute Gasteiger partial charge is 0.274 e. The third kappa shape index (κ3) is 2.48. The molecule has 4 atom stereocenters. The molecule has 4 amide bonds. The maximum atomic E-state index is 13.5. The summed E-state index contributed by atoms with van der Waals surface area (Å²) in [5.74, 6) is -0.191. The van der Waals surface area contributed by atoms with Gasteiger partial charge >= 0.3 is 0 Å². The molecule has 0 N–H and O–H groups in total. The highest BCUT2D eigenvalue weighted by Gasteiger charge is 2.68. The van der Waals surface area contributed by atoms with E-state index < -0.39 is 35.5 Å². The van der Waals surface area contributed by atoms with E-state index in [2.05, 4.69) is 11.8 Å². The van der Waals surface area contributed by atoms with Gasteiger partial charge in [0.25, 0.3) is 0 Å². The number of terminal acetylenes is 2. The molecular weight excluding hydrogens is 428 g/mol. The van der Waals surface area contributed by atoms with Crippen molar-refractivity contribution in [2.24, 2.45) is 35.5 Å². The highest BCUT2D eigenvalue weighted by Crippen LogP contribution is 2.58. The molecule has 6 heteroatoms. The smallest absolute Gasteiger partial charge is 0.238 e. The van der Waals surface area contributed by atoms with Crippen LogP contribution in [0, 0.1) is 60.2 Å². The monoisotopic (exact) mass is 446 g/mol. The molecule has 2 saturated heterocycles. The quantitative estimate of drug-likeness (QED) is 0.403. The van der Waals surface area contributed by atoms with Crippen LogP contribution in [0.3, 0.4) is 0 Å². The standard InChI is InChI=1S/C28H18N2O4/c1-3-15-7-5-9-17(13-15)29-25(31)21-19-11-12-20(22(21)26(29)32)24-23(19)27(33)30(28(24)34)18-10-6-8-16(4-2)14-18/h1-2,5-14,19-24H/t19?,20?,21-,22-,23-,24-/m1/s1. The number of rotatable bonds is 2. The van der Waals surface area contributed by atoms with Crippen LogP contribution in [0.1, 0.15) is 11.1 Å². The van der Waals surface area contributed by atoms with Crippen LogP contribution in [-0.4, -0.2) is 23.6 Å². The lowest BCUT2D eigenvalue weighted by Crippen LogP contribution is -2.50. The molecule has 0 radical (unpaired) electrons. The molecule has 2 aromatic rings. The van der Waals surface area contributed by atoms with Gasteiger partial charge in [-0.25, -0.2) is 9.80 Å². The van der Waals surface area contributed by atoms with Crippen molar-refractivity contribution in [1.82, 2.24) is 0 Å². The van der Waals surface area contributed by atoms with Gasteiger partial charge in [-0.15, -0.1) is 12.8 Å². The van der Waals surface area contributed by atoms with Gasteiger partial charge in [0.15, 0.2) is 0 Å². The molecule has 164 valence electrons. The molecule has 2 aromatic carbocycles. The van der Waals surface area contributed by atoms with Crippen molar-refractivity contribution >= 4 is 35.0 Å². The Hall–Kier alpha value is -4.42. The van der Waals surface area contributed by atoms with Gasteiger partial charge < -0.3 is 0 Å². The molecule has 2 bridgehead atoms. The summed E-state index contributed by atoms with van der Waals surface area (Å²) in [5, 5.41) is 0. The molecule has 2 heterocycles. The van der Waals surface area contributed by atoms with Crippen molar-refractivity contribution in [3.63, 3.8) is 0 Å². The summed E-state index contributed by atoms with van der Waals surface area (Å²) < 4.78 is 0. The van der Waals surface area contributed by atoms with Crippen molar-refractivity contribution in [3.8, 4) is 24.7 Å². The van der Waals surface area contributed by atoms with Crippen LogP contribution in [0.15, 0.2) is 60.7 Å². The summed E-state index contributed by atoms with van der Waals surface area (Å²) in [5.41, 5.74) is 1.94. The van der Waals surface area contributed by atoms with Crippen LogP contribution >= 0.6 is 0 Å². The Morgan fingerprint density at radius 1 is 0.588 bits per heavy atom. The summed E-state index contributed by atoms with van der Waals surface area (Å²) in [7, 11) is 0. The number of anilines is 2. The first kappa shape index (κ1) is 20.2. The normalized spacial score (nSPS) is 30.9. The van der Waals surface area contributed by atoms with E-state index in [1.807, 2.05) is 12.2 Å². The van der Waals surface area contributed by atoms with Gasteiger partial charge in [-0.2, -0.15) is 0 Å². The predicted octanol–water partition coefficient (Wildman–Crippen LogP) is 2.38. The fourth-order valence-electron chi connectivity index (χ4n) is 6.20. The molecule has 3 fully saturated rings. The average molecular weight is 446 g/mol. The maximum Gasteiger partial charge on any atom is 0.238 e. The second-order valence-corrected chi connectivity index (χ2v) is 9.06. The summed E-state index contributed by atoms with van der Waals surface area (Å²) >= 11 is 0. The Morgan fingerprint density at radius 2 is 0.941 bits per heavy atom. The van der Waals surface area contributed by atoms with Crippen molar-refractivity contribution in [1.29, 1.82) is 0 Å². The minimum absolute atomic E-state index is 0.352. The fraction of sp³-hybridized carbons (Fsp3) is 0.214. The first-order valence-corrected chi connectivity index (χ1v) is 11.0. The van der Waals surface area contributed by atoms with Gasteiger partial charge in [0.05, 0.1) is 35.0 Å². The number of hydrogen-bond acceptors (Lipinski definition) is 4. The van der Waals surface area contributed by atoms with Crippen LogP contribution in [0.2, 0.25) is 0 Å². The first-order valence-electron chi connectivity index (χ1n) is 11.0. The number of carbonyl (C=O) groups is 4. The SMILES string of the molecule is C#Cc1cccc(N2C(=O)[C@@H]3C4C=CC([C@H]3C2=O)[C@H]2C(=O)N(c3cccc(C#C)c3)C(=O)[C@H]42)c1. The Labute approximate surface area is 196 Å². The lowest BCUT2D eigenvalue weighted by Gasteiger charge is -2.44. The third-order valence-corrected chi connectivity index (χ3v) is 7.55. The predicted molar refractivity (Wildman–Crippen MR) is 124 cm³/mol. The van der Waals surface area contributed by atoms with Crippen LogP contribution in [0.4, 0.5) is 11.4 Å². The van der Waals surface area contributed by atoms with E-state index >= 15 is 0 Å². The Bertz CT molecular complexity index is 1270. The maximum absolute atomic E-state index is 13.5. The fourth-order valence-corrected chi connectivity index (χ4v) is 6.20. The number of imide groups is 2. The zero-order valence-electron chi connectivity index (χ0n) is 17.9. The van der Waals surface area contributed by atoms with Crippen LogP contribution in [-0.2, 0) is 19.2 Å². The van der Waals surface area contributed by atoms with Gasteiger partial charge in [-0.1, -0.05) is 36.1 Å². The second-order valence-electron chi connectivity index (χ2n) is 9.06. The molecule has 3 aliphatic carbocycles. The minimum Gasteiger partial charge on any atom is -0.274 e. The van der Waals surface area contributed by atoms with Gasteiger partial charge in [0.1, 0.15) is 0 Å². The van der Waals surface area contributed by atoms with Crippen molar-refractivity contribution in [3.05, 3.63) is 71.8 Å². The van der Waals surface area contributed by atoms with Gasteiger partial charge in [0, 0.05) is 23.0 Å². The second kappa shape index (κ2) is 7.04. The van der Waals surface area contributed by atoms with E-state index in [1.165, 1.54) is 9.80 Å². The van der Waals surface area contributed by atoms with Gasteiger partial charge in [0.2, 0.25) is 23.6 Å². The highest BCUT2D eigenvalue weighted by molar-refractivity contribution is 6.26. The van der Waals surface area contributed by atoms with E-state index in [0.717, 1.165) is 0 Å². The molecule has 0 spiro atoms. The molecule has 6 nitrogen and oxygen atoms in total. The lowest BCUT2D eigenvalue weighted by molar-refractivity contribution is -0.137. The lowest BCUT2D eigenvalue weighted by atomic mass is 9.54. The highest BCUT2D eigenvalue weighted by atomic mass is 16.2. The summed E-state index contributed by atoms with van der Waals surface area (Å²) in [4.78, 5) is 56.5.